The van der Waals surface area contributed by atoms with Crippen LogP contribution in [0.5, 0.6) is 11.5 Å². The standard InChI is InChI=1S/C53H64N6O12S/c1-5-33-24-53(33,49(63)57-72(66,67)35-19-20-35)56-46(60)41-23-34(71-51(65)58-25-31-21-42-43(70-29-69-42)22-32(31)26-58)27-59(41)48(62)45(52(2,3)4)55-47(61)44(30-13-7-6-8-14-30)54-50(64)68-28-40-38-17-11-9-15-36(38)37-16-10-12-18-39(37)40/h9-12,15-18,21-22,30,33-35,40-41,44-45H,5-8,13-14,19-20,23-29H2,1-4H3,(H,54,64)(H,55,61)(H,56,60)(H,57,63)/t33-,34+,41?,44-,45+,53-/m0/s1. The molecule has 0 aromatic heterocycles. The number of rotatable bonds is 14. The number of hydrogen-bond donors (Lipinski definition) is 4. The lowest BCUT2D eigenvalue weighted by Gasteiger charge is -2.37. The average molecular weight is 1010 g/mol. The van der Waals surface area contributed by atoms with Gasteiger partial charge in [-0.1, -0.05) is 102 Å². The molecule has 10 rings (SSSR count). The fraction of sp³-hybridized carbons (Fsp3) is 0.547. The Hall–Kier alpha value is -6.37. The van der Waals surface area contributed by atoms with Gasteiger partial charge in [0.1, 0.15) is 36.4 Å². The van der Waals surface area contributed by atoms with Crippen LogP contribution in [-0.2, 0) is 51.8 Å². The summed E-state index contributed by atoms with van der Waals surface area (Å²) in [5, 5.41) is 8.05. The maximum atomic E-state index is 15.2. The maximum absolute atomic E-state index is 15.2. The van der Waals surface area contributed by atoms with Gasteiger partial charge in [0, 0.05) is 25.4 Å². The molecule has 1 unspecified atom stereocenters. The van der Waals surface area contributed by atoms with E-state index in [-0.39, 0.29) is 63.6 Å². The number of fused-ring (bicyclic) bond motifs is 5. The third-order valence-corrected chi connectivity index (χ3v) is 17.6. The van der Waals surface area contributed by atoms with Crippen molar-refractivity contribution < 1.29 is 56.1 Å². The van der Waals surface area contributed by atoms with E-state index < -0.39 is 86.3 Å². The summed E-state index contributed by atoms with van der Waals surface area (Å²) in [7, 11) is -3.95. The van der Waals surface area contributed by atoms with Crippen molar-refractivity contribution >= 4 is 45.8 Å². The number of alkyl carbamates (subject to hydrolysis) is 1. The third-order valence-electron chi connectivity index (χ3n) is 15.8. The van der Waals surface area contributed by atoms with Crippen LogP contribution >= 0.6 is 0 Å². The molecule has 0 radical (unpaired) electrons. The van der Waals surface area contributed by atoms with Crippen LogP contribution < -0.4 is 30.1 Å². The molecule has 384 valence electrons. The molecule has 19 heteroatoms. The average Bonchev–Trinajstić information content (AvgIpc) is 4.13. The van der Waals surface area contributed by atoms with Crippen LogP contribution in [0.1, 0.15) is 120 Å². The van der Waals surface area contributed by atoms with Crippen molar-refractivity contribution in [3.8, 4) is 22.6 Å². The molecule has 6 atom stereocenters. The summed E-state index contributed by atoms with van der Waals surface area (Å²) in [6.07, 6.45) is 2.99. The molecule has 3 aromatic carbocycles. The lowest BCUT2D eigenvalue weighted by atomic mass is 9.82. The number of carbonyl (C=O) groups is 6. The molecule has 3 saturated carbocycles. The topological polar surface area (TPSA) is 228 Å². The van der Waals surface area contributed by atoms with Crippen LogP contribution in [0, 0.1) is 17.3 Å². The van der Waals surface area contributed by atoms with E-state index in [4.69, 9.17) is 18.9 Å². The highest BCUT2D eigenvalue weighted by Gasteiger charge is 2.62. The smallest absolute Gasteiger partial charge is 0.410 e. The zero-order chi connectivity index (χ0) is 50.7. The predicted molar refractivity (Wildman–Crippen MR) is 262 cm³/mol. The van der Waals surface area contributed by atoms with Crippen molar-refractivity contribution in [3.05, 3.63) is 82.9 Å². The molecule has 0 bridgehead atoms. The lowest BCUT2D eigenvalue weighted by molar-refractivity contribution is -0.145. The van der Waals surface area contributed by atoms with E-state index in [9.17, 15) is 32.4 Å². The predicted octanol–water partition coefficient (Wildman–Crippen LogP) is 5.75. The van der Waals surface area contributed by atoms with Crippen LogP contribution in [0.25, 0.3) is 11.1 Å². The van der Waals surface area contributed by atoms with Crippen LogP contribution in [0.4, 0.5) is 9.59 Å². The zero-order valence-electron chi connectivity index (χ0n) is 41.2. The molecule has 3 heterocycles. The quantitative estimate of drug-likeness (QED) is 0.151. The highest BCUT2D eigenvalue weighted by Crippen LogP contribution is 2.48. The highest BCUT2D eigenvalue weighted by atomic mass is 32.2. The molecule has 4 aliphatic carbocycles. The SMILES string of the molecule is CC[C@H]1C[C@@]1(NC(=O)C1C[C@@H](OC(=O)N2Cc3cc4c(cc3C2)OCO4)CN1C(=O)[C@@H](NC(=O)[C@@H](NC(=O)OCC1c2ccccc2-c2ccccc21)C1CCCCC1)C(C)(C)C)C(=O)NS(=O)(=O)C1CC1. The van der Waals surface area contributed by atoms with Gasteiger partial charge in [0.25, 0.3) is 5.91 Å². The van der Waals surface area contributed by atoms with Gasteiger partial charge in [-0.25, -0.2) is 18.0 Å². The second-order valence-electron chi connectivity index (χ2n) is 21.7. The summed E-state index contributed by atoms with van der Waals surface area (Å²) >= 11 is 0. The largest absolute Gasteiger partial charge is 0.454 e. The first kappa shape index (κ1) is 49.2. The van der Waals surface area contributed by atoms with Gasteiger partial charge >= 0.3 is 12.2 Å². The first-order valence-corrected chi connectivity index (χ1v) is 27.0. The van der Waals surface area contributed by atoms with Gasteiger partial charge in [-0.2, -0.15) is 0 Å². The summed E-state index contributed by atoms with van der Waals surface area (Å²) in [5.41, 5.74) is 3.48. The first-order valence-electron chi connectivity index (χ1n) is 25.4. The van der Waals surface area contributed by atoms with E-state index in [1.54, 1.807) is 20.8 Å². The molecule has 18 nitrogen and oxygen atoms in total. The number of carbonyl (C=O) groups excluding carboxylic acids is 6. The molecular weight excluding hydrogens is 945 g/mol. The Labute approximate surface area is 419 Å². The Balaban J connectivity index is 0.874. The number of sulfonamides is 1. The van der Waals surface area contributed by atoms with Gasteiger partial charge in [-0.05, 0) is 94.9 Å². The van der Waals surface area contributed by atoms with E-state index in [1.165, 1.54) is 9.80 Å². The number of benzene rings is 3. The van der Waals surface area contributed by atoms with Crippen LogP contribution in [0.15, 0.2) is 60.7 Å². The van der Waals surface area contributed by atoms with E-state index in [0.29, 0.717) is 43.6 Å². The first-order chi connectivity index (χ1) is 34.4. The second kappa shape index (κ2) is 19.2. The van der Waals surface area contributed by atoms with Gasteiger partial charge in [-0.3, -0.25) is 28.8 Å². The van der Waals surface area contributed by atoms with Crippen molar-refractivity contribution in [2.45, 2.75) is 146 Å². The molecule has 3 aromatic rings. The van der Waals surface area contributed by atoms with E-state index in [0.717, 1.165) is 52.6 Å². The van der Waals surface area contributed by atoms with Crippen molar-refractivity contribution in [2.24, 2.45) is 17.3 Å². The Morgan fingerprint density at radius 3 is 2.06 bits per heavy atom. The van der Waals surface area contributed by atoms with Crippen LogP contribution in [0.2, 0.25) is 0 Å². The molecule has 7 aliphatic rings. The highest BCUT2D eigenvalue weighted by molar-refractivity contribution is 7.91. The summed E-state index contributed by atoms with van der Waals surface area (Å²) < 4.78 is 51.2. The maximum Gasteiger partial charge on any atom is 0.410 e. The summed E-state index contributed by atoms with van der Waals surface area (Å²) in [4.78, 5) is 89.0. The fourth-order valence-electron chi connectivity index (χ4n) is 11.5. The lowest BCUT2D eigenvalue weighted by Crippen LogP contribution is -2.62. The minimum atomic E-state index is -3.95. The minimum absolute atomic E-state index is 0.0425. The minimum Gasteiger partial charge on any atom is -0.454 e. The second-order valence-corrected chi connectivity index (χ2v) is 23.6. The molecule has 4 fully saturated rings. The van der Waals surface area contributed by atoms with E-state index >= 15 is 4.79 Å². The molecule has 1 saturated heterocycles. The Bertz CT molecular complexity index is 2710. The van der Waals surface area contributed by atoms with Crippen molar-refractivity contribution in [1.29, 1.82) is 0 Å². The zero-order valence-corrected chi connectivity index (χ0v) is 42.0. The van der Waals surface area contributed by atoms with E-state index in [2.05, 4.69) is 20.7 Å². The number of nitrogens with one attached hydrogen (secondary N) is 4. The number of hydrogen-bond acceptors (Lipinski definition) is 12. The van der Waals surface area contributed by atoms with Crippen LogP contribution in [0.3, 0.4) is 0 Å². The summed E-state index contributed by atoms with van der Waals surface area (Å²) in [5.74, 6) is -2.44. The van der Waals surface area contributed by atoms with Gasteiger partial charge in [-0.15, -0.1) is 0 Å². The van der Waals surface area contributed by atoms with Crippen molar-refractivity contribution in [3.63, 3.8) is 0 Å². The molecule has 6 amide bonds. The summed E-state index contributed by atoms with van der Waals surface area (Å²) in [6, 6.07) is 16.1. The number of amides is 6. The normalized spacial score (nSPS) is 24.0. The molecule has 4 N–H and O–H groups in total. The Morgan fingerprint density at radius 2 is 1.47 bits per heavy atom. The molecule has 0 spiro atoms. The van der Waals surface area contributed by atoms with Gasteiger partial charge in [0.2, 0.25) is 34.5 Å². The van der Waals surface area contributed by atoms with Gasteiger partial charge < -0.3 is 39.8 Å². The molecular formula is C53H64N6O12S. The van der Waals surface area contributed by atoms with Crippen LogP contribution in [-0.4, -0.2) is 109 Å². The van der Waals surface area contributed by atoms with Crippen molar-refractivity contribution in [2.75, 3.05) is 19.9 Å². The number of ether oxygens (including phenoxy) is 4. The third kappa shape index (κ3) is 9.67. The van der Waals surface area contributed by atoms with Gasteiger partial charge in [0.15, 0.2) is 11.5 Å². The van der Waals surface area contributed by atoms with Gasteiger partial charge in [0.05, 0.1) is 11.8 Å². The fourth-order valence-corrected chi connectivity index (χ4v) is 12.8. The Kier molecular flexibility index (Phi) is 13.2. The van der Waals surface area contributed by atoms with Crippen molar-refractivity contribution in [1.82, 2.24) is 30.5 Å². The summed E-state index contributed by atoms with van der Waals surface area (Å²) in [6.45, 7) is 7.56. The number of likely N-dealkylation sites (tertiary alicyclic amines) is 1. The molecule has 3 aliphatic heterocycles. The molecule has 72 heavy (non-hydrogen) atoms. The Morgan fingerprint density at radius 1 is 0.847 bits per heavy atom. The van der Waals surface area contributed by atoms with E-state index in [1.807, 2.05) is 67.6 Å². The monoisotopic (exact) mass is 1010 g/mol. The number of nitrogens with zero attached hydrogens (tertiary/aromatic N) is 2.